The third-order valence-electron chi connectivity index (χ3n) is 2.73. The smallest absolute Gasteiger partial charge is 0.322 e. The second-order valence-electron chi connectivity index (χ2n) is 4.36. The molecule has 0 N–H and O–H groups in total. The molecule has 0 aliphatic carbocycles. The predicted molar refractivity (Wildman–Crippen MR) is 81.5 cm³/mol. The number of carbonyl (C=O) groups is 1. The molecule has 0 atom stereocenters. The Labute approximate surface area is 134 Å². The van der Waals surface area contributed by atoms with Crippen molar-refractivity contribution in [1.82, 2.24) is 4.98 Å². The van der Waals surface area contributed by atoms with Gasteiger partial charge in [0.25, 0.3) is 0 Å². The highest BCUT2D eigenvalue weighted by atomic mass is 35.5. The summed E-state index contributed by atoms with van der Waals surface area (Å²) in [5.41, 5.74) is 0.954. The summed E-state index contributed by atoms with van der Waals surface area (Å²) in [7, 11) is 0. The number of ether oxygens (including phenoxy) is 1. The fourth-order valence-electron chi connectivity index (χ4n) is 1.82. The van der Waals surface area contributed by atoms with Crippen LogP contribution >= 0.6 is 22.9 Å². The number of thiophene rings is 1. The normalized spacial score (nSPS) is 10.7. The van der Waals surface area contributed by atoms with Gasteiger partial charge in [0.2, 0.25) is 5.89 Å². The molecule has 4 nitrogen and oxygen atoms in total. The minimum Gasteiger partial charge on any atom is -0.405 e. The molecule has 0 bridgehead atoms. The summed E-state index contributed by atoms with van der Waals surface area (Å²) in [6.45, 7) is 1.27. The van der Waals surface area contributed by atoms with Crippen molar-refractivity contribution in [2.24, 2.45) is 0 Å². The summed E-state index contributed by atoms with van der Waals surface area (Å²) in [6, 6.07) is 9.13. The topological polar surface area (TPSA) is 52.3 Å². The van der Waals surface area contributed by atoms with E-state index in [9.17, 15) is 9.18 Å². The summed E-state index contributed by atoms with van der Waals surface area (Å²) in [5.74, 6) is -0.660. The van der Waals surface area contributed by atoms with E-state index in [1.807, 2.05) is 0 Å². The van der Waals surface area contributed by atoms with Gasteiger partial charge in [-0.05, 0) is 36.4 Å². The van der Waals surface area contributed by atoms with Gasteiger partial charge in [0, 0.05) is 12.5 Å². The first kappa shape index (κ1) is 14.7. The molecular formula is C15H9ClFNO3S. The maximum absolute atomic E-state index is 13.0. The second kappa shape index (κ2) is 5.90. The molecule has 0 aliphatic rings. The van der Waals surface area contributed by atoms with E-state index in [0.717, 1.165) is 0 Å². The molecule has 2 heterocycles. The van der Waals surface area contributed by atoms with E-state index < -0.39 is 5.97 Å². The lowest BCUT2D eigenvalue weighted by Gasteiger charge is -1.97. The molecule has 0 unspecified atom stereocenters. The van der Waals surface area contributed by atoms with Gasteiger partial charge in [-0.3, -0.25) is 4.79 Å². The molecule has 112 valence electrons. The average Bonchev–Trinajstić information content (AvgIpc) is 3.05. The van der Waals surface area contributed by atoms with Crippen LogP contribution in [0.3, 0.4) is 0 Å². The van der Waals surface area contributed by atoms with Crippen LogP contribution in [0, 0.1) is 5.82 Å². The first-order valence-electron chi connectivity index (χ1n) is 6.24. The number of rotatable bonds is 3. The van der Waals surface area contributed by atoms with Crippen molar-refractivity contribution in [1.29, 1.82) is 0 Å². The quantitative estimate of drug-likeness (QED) is 0.645. The molecule has 7 heteroatoms. The Kier molecular flexibility index (Phi) is 3.96. The standard InChI is InChI=1S/C15H9ClFNO3S/c1-8(19)20-15-13(11-6-7-12(16)22-11)18-14(21-15)9-2-4-10(17)5-3-9/h2-7H,1H3. The summed E-state index contributed by atoms with van der Waals surface area (Å²) >= 11 is 7.20. The average molecular weight is 338 g/mol. The number of hydrogen-bond acceptors (Lipinski definition) is 5. The van der Waals surface area contributed by atoms with Gasteiger partial charge in [0.15, 0.2) is 5.69 Å². The van der Waals surface area contributed by atoms with Gasteiger partial charge >= 0.3 is 11.9 Å². The number of oxazole rings is 1. The van der Waals surface area contributed by atoms with Crippen LogP contribution in [0.4, 0.5) is 4.39 Å². The molecule has 0 amide bonds. The Morgan fingerprint density at radius 1 is 1.27 bits per heavy atom. The van der Waals surface area contributed by atoms with E-state index in [2.05, 4.69) is 4.98 Å². The zero-order chi connectivity index (χ0) is 15.7. The largest absolute Gasteiger partial charge is 0.405 e. The molecule has 22 heavy (non-hydrogen) atoms. The minimum atomic E-state index is -0.522. The lowest BCUT2D eigenvalue weighted by atomic mass is 10.2. The highest BCUT2D eigenvalue weighted by Gasteiger charge is 2.20. The molecular weight excluding hydrogens is 329 g/mol. The Hall–Kier alpha value is -2.18. The number of hydrogen-bond donors (Lipinski definition) is 0. The SMILES string of the molecule is CC(=O)Oc1oc(-c2ccc(F)cc2)nc1-c1ccc(Cl)s1. The van der Waals surface area contributed by atoms with Crippen LogP contribution in [0.5, 0.6) is 5.95 Å². The van der Waals surface area contributed by atoms with Crippen molar-refractivity contribution < 1.29 is 18.3 Å². The van der Waals surface area contributed by atoms with Gasteiger partial charge < -0.3 is 9.15 Å². The van der Waals surface area contributed by atoms with Gasteiger partial charge in [-0.25, -0.2) is 9.37 Å². The van der Waals surface area contributed by atoms with Crippen LogP contribution in [-0.4, -0.2) is 11.0 Å². The van der Waals surface area contributed by atoms with Gasteiger partial charge in [-0.15, -0.1) is 11.3 Å². The summed E-state index contributed by atoms with van der Waals surface area (Å²) < 4.78 is 24.1. The lowest BCUT2D eigenvalue weighted by molar-refractivity contribution is -0.132. The third kappa shape index (κ3) is 3.03. The molecule has 0 fully saturated rings. The van der Waals surface area contributed by atoms with Crippen LogP contribution < -0.4 is 4.74 Å². The molecule has 0 radical (unpaired) electrons. The first-order chi connectivity index (χ1) is 10.5. The molecule has 0 saturated carbocycles. The Bertz CT molecular complexity index is 826. The van der Waals surface area contributed by atoms with E-state index in [1.165, 1.54) is 42.5 Å². The molecule has 2 aromatic heterocycles. The number of halogens is 2. The Morgan fingerprint density at radius 3 is 2.59 bits per heavy atom. The Balaban J connectivity index is 2.07. The molecule has 1 aromatic carbocycles. The highest BCUT2D eigenvalue weighted by molar-refractivity contribution is 7.19. The van der Waals surface area contributed by atoms with Crippen molar-refractivity contribution in [3.05, 3.63) is 46.6 Å². The van der Waals surface area contributed by atoms with Crippen molar-refractivity contribution in [2.45, 2.75) is 6.92 Å². The number of esters is 1. The lowest BCUT2D eigenvalue weighted by Crippen LogP contribution is -2.01. The van der Waals surface area contributed by atoms with E-state index in [-0.39, 0.29) is 17.7 Å². The number of benzene rings is 1. The first-order valence-corrected chi connectivity index (χ1v) is 7.43. The maximum Gasteiger partial charge on any atom is 0.322 e. The van der Waals surface area contributed by atoms with Crippen LogP contribution in [-0.2, 0) is 4.79 Å². The van der Waals surface area contributed by atoms with E-state index >= 15 is 0 Å². The van der Waals surface area contributed by atoms with Crippen LogP contribution in [0.15, 0.2) is 40.8 Å². The zero-order valence-electron chi connectivity index (χ0n) is 11.3. The van der Waals surface area contributed by atoms with Crippen LogP contribution in [0.25, 0.3) is 22.0 Å². The summed E-state index contributed by atoms with van der Waals surface area (Å²) in [4.78, 5) is 16.2. The minimum absolute atomic E-state index is 0.00894. The van der Waals surface area contributed by atoms with Gasteiger partial charge in [-0.1, -0.05) is 11.6 Å². The van der Waals surface area contributed by atoms with Gasteiger partial charge in [0.1, 0.15) is 5.82 Å². The number of carbonyl (C=O) groups excluding carboxylic acids is 1. The van der Waals surface area contributed by atoms with Crippen molar-refractivity contribution >= 4 is 28.9 Å². The van der Waals surface area contributed by atoms with E-state index in [0.29, 0.717) is 20.5 Å². The molecule has 0 saturated heterocycles. The zero-order valence-corrected chi connectivity index (χ0v) is 12.9. The van der Waals surface area contributed by atoms with Crippen molar-refractivity contribution in [3.63, 3.8) is 0 Å². The Morgan fingerprint density at radius 2 is 2.00 bits per heavy atom. The fourth-order valence-corrected chi connectivity index (χ4v) is 2.84. The molecule has 3 rings (SSSR count). The predicted octanol–water partition coefficient (Wildman–Crippen LogP) is 4.79. The van der Waals surface area contributed by atoms with E-state index in [1.54, 1.807) is 12.1 Å². The molecule has 0 spiro atoms. The highest BCUT2D eigenvalue weighted by Crippen LogP contribution is 2.39. The molecule has 3 aromatic rings. The fraction of sp³-hybridized carbons (Fsp3) is 0.0667. The second-order valence-corrected chi connectivity index (χ2v) is 6.07. The number of nitrogens with zero attached hydrogens (tertiary/aromatic N) is 1. The maximum atomic E-state index is 13.0. The monoisotopic (exact) mass is 337 g/mol. The van der Waals surface area contributed by atoms with Crippen LogP contribution in [0.1, 0.15) is 6.92 Å². The van der Waals surface area contributed by atoms with Crippen molar-refractivity contribution in [3.8, 4) is 28.0 Å². The number of aromatic nitrogens is 1. The summed E-state index contributed by atoms with van der Waals surface area (Å²) in [5, 5.41) is 0. The van der Waals surface area contributed by atoms with E-state index in [4.69, 9.17) is 20.8 Å². The van der Waals surface area contributed by atoms with Gasteiger partial charge in [0.05, 0.1) is 9.21 Å². The third-order valence-corrected chi connectivity index (χ3v) is 3.97. The molecule has 0 aliphatic heterocycles. The van der Waals surface area contributed by atoms with Gasteiger partial charge in [-0.2, -0.15) is 0 Å². The summed E-state index contributed by atoms with van der Waals surface area (Å²) in [6.07, 6.45) is 0. The van der Waals surface area contributed by atoms with Crippen LogP contribution in [0.2, 0.25) is 4.34 Å². The van der Waals surface area contributed by atoms with Crippen molar-refractivity contribution in [2.75, 3.05) is 0 Å².